The molecule has 0 aliphatic heterocycles. The van der Waals surface area contributed by atoms with E-state index in [2.05, 4.69) is 31.9 Å². The standard InChI is InChI=1S/C37H69N7O8S7/c1-9-52-37(51)30(16-23-59-8)44-36(50)29(15-22-58-7)43-35(49)28(14-21-57-6)42-34(48)27(13-20-56-5)41-33(47)26(12-19-55-4)40-32(46)25(11-18-54-3)39-31(45)24(38)10-17-53-2/h24-30H,9-23,38H2,1-8H3,(H,39,45)(H,40,46)(H,41,47)(H,42,48)(H,43,49)(H,44,50)/t24-,25-,26-,27-,28-,29-,30-/m0/s1. The Morgan fingerprint density at radius 1 is 0.390 bits per heavy atom. The van der Waals surface area contributed by atoms with Crippen LogP contribution in [0.25, 0.3) is 0 Å². The van der Waals surface area contributed by atoms with Crippen molar-refractivity contribution in [3.63, 3.8) is 0 Å². The zero-order valence-corrected chi connectivity index (χ0v) is 41.6. The summed E-state index contributed by atoms with van der Waals surface area (Å²) in [6, 6.07) is -6.67. The molecular weight excluding hydrogens is 895 g/mol. The highest BCUT2D eigenvalue weighted by atomic mass is 32.2. The van der Waals surface area contributed by atoms with Crippen LogP contribution < -0.4 is 37.6 Å². The number of amides is 6. The third kappa shape index (κ3) is 25.4. The molecule has 0 aliphatic carbocycles. The van der Waals surface area contributed by atoms with Crippen LogP contribution in [0.1, 0.15) is 51.9 Å². The molecule has 59 heavy (non-hydrogen) atoms. The predicted octanol–water partition coefficient (Wildman–Crippen LogP) is 2.06. The van der Waals surface area contributed by atoms with Crippen LogP contribution in [0.5, 0.6) is 0 Å². The van der Waals surface area contributed by atoms with Crippen molar-refractivity contribution in [2.75, 3.05) is 90.7 Å². The summed E-state index contributed by atoms with van der Waals surface area (Å²) in [6.45, 7) is 1.85. The maximum atomic E-state index is 14.0. The number of carbonyl (C=O) groups excluding carboxylic acids is 7. The van der Waals surface area contributed by atoms with Gasteiger partial charge in [0, 0.05) is 0 Å². The molecule has 22 heteroatoms. The summed E-state index contributed by atoms with van der Waals surface area (Å²) < 4.78 is 5.18. The SMILES string of the molecule is CCOC(=O)[C@H](CCSC)NC(=O)[C@H](CCSC)NC(=O)[C@H](CCSC)NC(=O)[C@H](CCSC)NC(=O)[C@H](CCSC)NC(=O)[C@H](CCSC)NC(=O)[C@@H](N)CCSC. The van der Waals surface area contributed by atoms with E-state index in [1.165, 1.54) is 70.6 Å². The minimum absolute atomic E-state index is 0.159. The monoisotopic (exact) mass is 963 g/mol. The van der Waals surface area contributed by atoms with Gasteiger partial charge >= 0.3 is 5.97 Å². The molecule has 342 valence electrons. The van der Waals surface area contributed by atoms with Gasteiger partial charge in [0.1, 0.15) is 36.3 Å². The van der Waals surface area contributed by atoms with Crippen molar-refractivity contribution in [2.45, 2.75) is 94.2 Å². The lowest BCUT2D eigenvalue weighted by atomic mass is 10.1. The van der Waals surface area contributed by atoms with E-state index in [-0.39, 0.29) is 32.3 Å². The van der Waals surface area contributed by atoms with E-state index in [9.17, 15) is 33.6 Å². The third-order valence-electron chi connectivity index (χ3n) is 8.69. The van der Waals surface area contributed by atoms with E-state index in [4.69, 9.17) is 10.5 Å². The van der Waals surface area contributed by atoms with Crippen molar-refractivity contribution in [1.82, 2.24) is 31.9 Å². The molecule has 6 amide bonds. The fourth-order valence-corrected chi connectivity index (χ4v) is 8.58. The largest absolute Gasteiger partial charge is 0.464 e. The molecule has 7 atom stereocenters. The fourth-order valence-electron chi connectivity index (χ4n) is 5.27. The first kappa shape index (κ1) is 57.7. The summed E-state index contributed by atoms with van der Waals surface area (Å²) in [5, 5.41) is 16.8. The molecule has 0 aliphatic rings. The summed E-state index contributed by atoms with van der Waals surface area (Å²) in [5.74, 6) is 0.203. The highest BCUT2D eigenvalue weighted by Crippen LogP contribution is 2.11. The Bertz CT molecular complexity index is 1260. The van der Waals surface area contributed by atoms with Crippen LogP contribution in [0.2, 0.25) is 0 Å². The first-order valence-corrected chi connectivity index (χ1v) is 29.2. The van der Waals surface area contributed by atoms with Gasteiger partial charge in [0.25, 0.3) is 0 Å². The van der Waals surface area contributed by atoms with Crippen LogP contribution in [0.3, 0.4) is 0 Å². The first-order valence-electron chi connectivity index (χ1n) is 19.5. The van der Waals surface area contributed by atoms with Crippen LogP contribution in [-0.4, -0.2) is 174 Å². The molecule has 0 saturated heterocycles. The number of nitrogens with one attached hydrogen (secondary N) is 6. The molecule has 0 bridgehead atoms. The Morgan fingerprint density at radius 3 is 0.864 bits per heavy atom. The van der Waals surface area contributed by atoms with E-state index >= 15 is 0 Å². The smallest absolute Gasteiger partial charge is 0.328 e. The highest BCUT2D eigenvalue weighted by Gasteiger charge is 2.33. The normalized spacial score (nSPS) is 14.7. The van der Waals surface area contributed by atoms with E-state index < -0.39 is 83.7 Å². The van der Waals surface area contributed by atoms with Crippen LogP contribution in [0.15, 0.2) is 0 Å². The lowest BCUT2D eigenvalue weighted by Gasteiger charge is -2.28. The third-order valence-corrected chi connectivity index (χ3v) is 13.2. The average Bonchev–Trinajstić information content (AvgIpc) is 3.22. The lowest BCUT2D eigenvalue weighted by molar-refractivity contribution is -0.147. The Kier molecular flexibility index (Phi) is 35.4. The Balaban J connectivity index is 6.27. The number of carbonyl (C=O) groups is 7. The topological polar surface area (TPSA) is 227 Å². The number of hydrogen-bond acceptors (Lipinski definition) is 16. The zero-order chi connectivity index (χ0) is 44.6. The van der Waals surface area contributed by atoms with Gasteiger partial charge in [0.05, 0.1) is 12.6 Å². The molecule has 0 fully saturated rings. The number of ether oxygens (including phenoxy) is 1. The van der Waals surface area contributed by atoms with Gasteiger partial charge in [0.2, 0.25) is 35.4 Å². The molecule has 0 saturated carbocycles. The van der Waals surface area contributed by atoms with Gasteiger partial charge in [-0.15, -0.1) is 0 Å². The first-order chi connectivity index (χ1) is 28.3. The van der Waals surface area contributed by atoms with Gasteiger partial charge in [-0.3, -0.25) is 28.8 Å². The Hall–Kier alpha value is -1.30. The second-order valence-corrected chi connectivity index (χ2v) is 20.1. The average molecular weight is 964 g/mol. The van der Waals surface area contributed by atoms with Gasteiger partial charge < -0.3 is 42.4 Å². The minimum Gasteiger partial charge on any atom is -0.464 e. The summed E-state index contributed by atoms with van der Waals surface area (Å²) in [7, 11) is 0. The predicted molar refractivity (Wildman–Crippen MR) is 257 cm³/mol. The van der Waals surface area contributed by atoms with E-state index in [1.54, 1.807) is 18.7 Å². The van der Waals surface area contributed by atoms with Crippen molar-refractivity contribution in [2.24, 2.45) is 5.73 Å². The van der Waals surface area contributed by atoms with Crippen molar-refractivity contribution >= 4 is 124 Å². The second-order valence-electron chi connectivity index (χ2n) is 13.2. The van der Waals surface area contributed by atoms with Gasteiger partial charge in [0.15, 0.2) is 0 Å². The maximum Gasteiger partial charge on any atom is 0.328 e. The number of rotatable bonds is 35. The van der Waals surface area contributed by atoms with E-state index in [0.717, 1.165) is 0 Å². The van der Waals surface area contributed by atoms with Crippen molar-refractivity contribution in [1.29, 1.82) is 0 Å². The summed E-state index contributed by atoms with van der Waals surface area (Å²) >= 11 is 10.6. The molecule has 8 N–H and O–H groups in total. The van der Waals surface area contributed by atoms with Crippen molar-refractivity contribution in [3.8, 4) is 0 Å². The molecule has 0 aromatic heterocycles. The van der Waals surface area contributed by atoms with Crippen LogP contribution in [0, 0.1) is 0 Å². The molecule has 0 unspecified atom stereocenters. The van der Waals surface area contributed by atoms with Crippen LogP contribution in [-0.2, 0) is 38.3 Å². The molecule has 0 aromatic carbocycles. The molecule has 15 nitrogen and oxygen atoms in total. The van der Waals surface area contributed by atoms with Gasteiger partial charge in [-0.2, -0.15) is 82.3 Å². The van der Waals surface area contributed by atoms with Crippen LogP contribution in [0.4, 0.5) is 0 Å². The van der Waals surface area contributed by atoms with E-state index in [1.807, 2.05) is 43.8 Å². The summed E-state index contributed by atoms with van der Waals surface area (Å²) in [5.41, 5.74) is 6.08. The van der Waals surface area contributed by atoms with Crippen molar-refractivity contribution < 1.29 is 38.3 Å². The van der Waals surface area contributed by atoms with Gasteiger partial charge in [-0.25, -0.2) is 4.79 Å². The Labute approximate surface area is 382 Å². The van der Waals surface area contributed by atoms with Gasteiger partial charge in [-0.05, 0) is 136 Å². The molecular formula is C37H69N7O8S7. The highest BCUT2D eigenvalue weighted by molar-refractivity contribution is 7.99. The number of thioether (sulfide) groups is 7. The minimum atomic E-state index is -1.05. The molecule has 0 spiro atoms. The fraction of sp³-hybridized carbons (Fsp3) is 0.811. The van der Waals surface area contributed by atoms with Gasteiger partial charge in [-0.1, -0.05) is 0 Å². The number of esters is 1. The quantitative estimate of drug-likeness (QED) is 0.0452. The van der Waals surface area contributed by atoms with Crippen molar-refractivity contribution in [3.05, 3.63) is 0 Å². The zero-order valence-electron chi connectivity index (χ0n) is 35.8. The Morgan fingerprint density at radius 2 is 0.610 bits per heavy atom. The van der Waals surface area contributed by atoms with E-state index in [0.29, 0.717) is 59.5 Å². The second kappa shape index (κ2) is 36.2. The molecule has 0 rings (SSSR count). The number of hydrogen-bond donors (Lipinski definition) is 7. The number of nitrogens with two attached hydrogens (primary N) is 1. The molecule has 0 aromatic rings. The summed E-state index contributed by atoms with van der Waals surface area (Å²) in [4.78, 5) is 94.5. The maximum absolute atomic E-state index is 14.0. The molecule has 0 radical (unpaired) electrons. The van der Waals surface area contributed by atoms with Crippen LogP contribution >= 0.6 is 82.3 Å². The molecule has 0 heterocycles. The lowest BCUT2D eigenvalue weighted by Crippen LogP contribution is -2.60. The summed E-state index contributed by atoms with van der Waals surface area (Å²) in [6.07, 6.45) is 15.4.